The topological polar surface area (TPSA) is 70.7 Å². The standard InChI is InChI=1S/C24H32O4/c1-22-9-6-15-17-3-4-20(25)19-12-23(17,19)10-7-18(15)24(22,27)11-8-16(22)14-2-5-21(26)28-13-14/h2,5,13,15-20,25,27H,3-4,6-12H2,1H3. The van der Waals surface area contributed by atoms with Crippen molar-refractivity contribution >= 4 is 0 Å². The number of fused-ring (bicyclic) bond motifs is 4. The van der Waals surface area contributed by atoms with E-state index in [-0.39, 0.29) is 23.1 Å². The Morgan fingerprint density at radius 1 is 1.00 bits per heavy atom. The van der Waals surface area contributed by atoms with E-state index in [9.17, 15) is 15.0 Å². The first kappa shape index (κ1) is 17.7. The van der Waals surface area contributed by atoms with Gasteiger partial charge in [-0.3, -0.25) is 0 Å². The van der Waals surface area contributed by atoms with Gasteiger partial charge in [-0.25, -0.2) is 4.79 Å². The van der Waals surface area contributed by atoms with Crippen LogP contribution in [0.25, 0.3) is 0 Å². The van der Waals surface area contributed by atoms with Gasteiger partial charge in [0.1, 0.15) is 0 Å². The molecule has 5 fully saturated rings. The van der Waals surface area contributed by atoms with Gasteiger partial charge in [-0.1, -0.05) is 6.92 Å². The summed E-state index contributed by atoms with van der Waals surface area (Å²) in [6, 6.07) is 3.43. The molecule has 0 aliphatic heterocycles. The molecule has 1 aromatic heterocycles. The summed E-state index contributed by atoms with van der Waals surface area (Å²) in [6.07, 6.45) is 11.3. The lowest BCUT2D eigenvalue weighted by Crippen LogP contribution is -2.59. The highest BCUT2D eigenvalue weighted by atomic mass is 16.4. The first-order valence-corrected chi connectivity index (χ1v) is 11.4. The summed E-state index contributed by atoms with van der Waals surface area (Å²) in [5, 5.41) is 22.5. The number of hydrogen-bond acceptors (Lipinski definition) is 4. The largest absolute Gasteiger partial charge is 0.431 e. The van der Waals surface area contributed by atoms with Crippen molar-refractivity contribution in [2.45, 2.75) is 82.3 Å². The molecule has 1 heterocycles. The minimum absolute atomic E-state index is 0.0756. The molecule has 5 saturated carbocycles. The van der Waals surface area contributed by atoms with E-state index in [2.05, 4.69) is 6.92 Å². The maximum Gasteiger partial charge on any atom is 0.335 e. The van der Waals surface area contributed by atoms with Crippen LogP contribution in [0.1, 0.15) is 76.2 Å². The second-order valence-electron chi connectivity index (χ2n) is 11.0. The van der Waals surface area contributed by atoms with Gasteiger partial charge in [0.15, 0.2) is 0 Å². The Hall–Kier alpha value is -1.13. The van der Waals surface area contributed by atoms with E-state index in [1.54, 1.807) is 6.26 Å². The Bertz CT molecular complexity index is 842. The van der Waals surface area contributed by atoms with Crippen LogP contribution < -0.4 is 5.63 Å². The molecule has 1 aromatic rings. The molecule has 2 N–H and O–H groups in total. The highest BCUT2D eigenvalue weighted by Gasteiger charge is 2.72. The van der Waals surface area contributed by atoms with E-state index in [1.807, 2.05) is 6.07 Å². The van der Waals surface area contributed by atoms with Crippen LogP contribution in [0.15, 0.2) is 27.6 Å². The van der Waals surface area contributed by atoms with Gasteiger partial charge in [0.05, 0.1) is 18.0 Å². The SMILES string of the molecule is CC12CCC3C4CCC(O)C5CC54CCC3C1(O)CCC2c1ccc(=O)oc1. The third-order valence-electron chi connectivity index (χ3n) is 10.4. The summed E-state index contributed by atoms with van der Waals surface area (Å²) in [5.74, 6) is 2.53. The predicted octanol–water partition coefficient (Wildman–Crippen LogP) is 3.85. The number of rotatable bonds is 1. The molecule has 0 bridgehead atoms. The maximum atomic E-state index is 12.1. The Labute approximate surface area is 166 Å². The number of aliphatic hydroxyl groups excluding tert-OH is 1. The van der Waals surface area contributed by atoms with Gasteiger partial charge in [0.25, 0.3) is 0 Å². The first-order valence-electron chi connectivity index (χ1n) is 11.4. The van der Waals surface area contributed by atoms with Gasteiger partial charge < -0.3 is 14.6 Å². The molecule has 9 atom stereocenters. The van der Waals surface area contributed by atoms with Crippen LogP contribution in [0, 0.1) is 34.5 Å². The van der Waals surface area contributed by atoms with Crippen molar-refractivity contribution < 1.29 is 14.6 Å². The molecule has 0 radical (unpaired) electrons. The van der Waals surface area contributed by atoms with E-state index in [0.29, 0.717) is 29.1 Å². The third kappa shape index (κ3) is 2.01. The molecule has 9 unspecified atom stereocenters. The first-order chi connectivity index (χ1) is 13.4. The van der Waals surface area contributed by atoms with Crippen molar-refractivity contribution in [2.24, 2.45) is 34.5 Å². The van der Waals surface area contributed by atoms with Crippen molar-refractivity contribution in [1.29, 1.82) is 0 Å². The Morgan fingerprint density at radius 3 is 2.64 bits per heavy atom. The summed E-state index contributed by atoms with van der Waals surface area (Å²) in [5.41, 5.74) is 0.423. The maximum absolute atomic E-state index is 12.1. The van der Waals surface area contributed by atoms with E-state index < -0.39 is 5.60 Å². The van der Waals surface area contributed by atoms with Crippen LogP contribution in [-0.4, -0.2) is 21.9 Å². The Kier molecular flexibility index (Phi) is 3.49. The average molecular weight is 385 g/mol. The fourth-order valence-electron chi connectivity index (χ4n) is 9.00. The van der Waals surface area contributed by atoms with Crippen molar-refractivity contribution in [3.63, 3.8) is 0 Å². The van der Waals surface area contributed by atoms with Crippen molar-refractivity contribution in [2.75, 3.05) is 0 Å². The van der Waals surface area contributed by atoms with Gasteiger partial charge in [-0.2, -0.15) is 0 Å². The molecule has 4 heteroatoms. The van der Waals surface area contributed by atoms with E-state index in [4.69, 9.17) is 4.42 Å². The molecular weight excluding hydrogens is 352 g/mol. The fraction of sp³-hybridized carbons (Fsp3) is 0.792. The lowest BCUT2D eigenvalue weighted by Gasteiger charge is -2.60. The van der Waals surface area contributed by atoms with Crippen LogP contribution in [0.3, 0.4) is 0 Å². The van der Waals surface area contributed by atoms with Crippen LogP contribution in [-0.2, 0) is 0 Å². The molecule has 5 aliphatic rings. The molecule has 4 nitrogen and oxygen atoms in total. The minimum atomic E-state index is -0.612. The molecule has 0 aromatic carbocycles. The summed E-state index contributed by atoms with van der Waals surface area (Å²) in [7, 11) is 0. The second kappa shape index (κ2) is 5.51. The molecule has 152 valence electrons. The quantitative estimate of drug-likeness (QED) is 0.771. The highest BCUT2D eigenvalue weighted by Crippen LogP contribution is 2.76. The summed E-state index contributed by atoms with van der Waals surface area (Å²) in [4.78, 5) is 11.4. The Balaban J connectivity index is 1.33. The summed E-state index contributed by atoms with van der Waals surface area (Å²) >= 11 is 0. The van der Waals surface area contributed by atoms with E-state index in [0.717, 1.165) is 44.1 Å². The van der Waals surface area contributed by atoms with Crippen LogP contribution in [0.2, 0.25) is 0 Å². The zero-order chi connectivity index (χ0) is 19.3. The molecule has 0 amide bonds. The van der Waals surface area contributed by atoms with E-state index >= 15 is 0 Å². The van der Waals surface area contributed by atoms with E-state index in [1.165, 1.54) is 25.3 Å². The third-order valence-corrected chi connectivity index (χ3v) is 10.4. The lowest BCUT2D eigenvalue weighted by molar-refractivity contribution is -0.186. The average Bonchev–Trinajstić information content (AvgIpc) is 3.35. The van der Waals surface area contributed by atoms with Crippen LogP contribution >= 0.6 is 0 Å². The zero-order valence-corrected chi connectivity index (χ0v) is 16.8. The molecule has 1 spiro atoms. The van der Waals surface area contributed by atoms with Gasteiger partial charge >= 0.3 is 5.63 Å². The van der Waals surface area contributed by atoms with Crippen LogP contribution in [0.4, 0.5) is 0 Å². The Morgan fingerprint density at radius 2 is 1.86 bits per heavy atom. The monoisotopic (exact) mass is 384 g/mol. The van der Waals surface area contributed by atoms with Gasteiger partial charge in [-0.05, 0) is 104 Å². The van der Waals surface area contributed by atoms with Crippen molar-refractivity contribution in [3.8, 4) is 0 Å². The normalized spacial score (nSPS) is 54.2. The summed E-state index contributed by atoms with van der Waals surface area (Å²) in [6.45, 7) is 2.29. The molecular formula is C24H32O4. The number of hydrogen-bond donors (Lipinski definition) is 2. The van der Waals surface area contributed by atoms with Gasteiger partial charge in [-0.15, -0.1) is 0 Å². The fourth-order valence-corrected chi connectivity index (χ4v) is 9.00. The van der Waals surface area contributed by atoms with Crippen molar-refractivity contribution in [1.82, 2.24) is 0 Å². The van der Waals surface area contributed by atoms with Gasteiger partial charge in [0.2, 0.25) is 0 Å². The second-order valence-corrected chi connectivity index (χ2v) is 11.0. The lowest BCUT2D eigenvalue weighted by atomic mass is 9.47. The van der Waals surface area contributed by atoms with Crippen molar-refractivity contribution in [3.05, 3.63) is 34.4 Å². The molecule has 28 heavy (non-hydrogen) atoms. The highest BCUT2D eigenvalue weighted by molar-refractivity contribution is 5.28. The molecule has 5 aliphatic carbocycles. The number of aliphatic hydroxyl groups is 2. The predicted molar refractivity (Wildman–Crippen MR) is 105 cm³/mol. The zero-order valence-electron chi connectivity index (χ0n) is 16.8. The van der Waals surface area contributed by atoms with Crippen LogP contribution in [0.5, 0.6) is 0 Å². The molecule has 6 rings (SSSR count). The minimum Gasteiger partial charge on any atom is -0.431 e. The smallest absolute Gasteiger partial charge is 0.335 e. The van der Waals surface area contributed by atoms with Gasteiger partial charge in [0, 0.05) is 11.5 Å². The molecule has 0 saturated heterocycles. The summed E-state index contributed by atoms with van der Waals surface area (Å²) < 4.78 is 5.17.